The van der Waals surface area contributed by atoms with Crippen molar-refractivity contribution in [1.29, 1.82) is 0 Å². The fourth-order valence-corrected chi connectivity index (χ4v) is 2.33. The molecule has 112 valence electrons. The summed E-state index contributed by atoms with van der Waals surface area (Å²) >= 11 is 0. The average molecular weight is 281 g/mol. The monoisotopic (exact) mass is 281 g/mol. The largest absolute Gasteiger partial charge is 0.394 e. The maximum absolute atomic E-state index is 12.7. The molecule has 20 heavy (non-hydrogen) atoms. The van der Waals surface area contributed by atoms with Gasteiger partial charge in [-0.2, -0.15) is 5.10 Å². The number of hydrogen-bond donors (Lipinski definition) is 1. The van der Waals surface area contributed by atoms with E-state index in [1.807, 2.05) is 13.0 Å². The molecule has 0 saturated carbocycles. The van der Waals surface area contributed by atoms with Crippen LogP contribution in [0, 0.1) is 0 Å². The molecule has 1 aromatic rings. The number of aromatic nitrogens is 2. The number of hydrogen-bond acceptors (Lipinski definition) is 4. The molecule has 0 aliphatic carbocycles. The van der Waals surface area contributed by atoms with Gasteiger partial charge in [0, 0.05) is 13.6 Å². The molecule has 0 unspecified atom stereocenters. The average Bonchev–Trinajstić information content (AvgIpc) is 2.81. The summed E-state index contributed by atoms with van der Waals surface area (Å²) < 4.78 is 7.10. The lowest BCUT2D eigenvalue weighted by molar-refractivity contribution is -0.0669. The van der Waals surface area contributed by atoms with Crippen molar-refractivity contribution in [2.24, 2.45) is 7.05 Å². The zero-order valence-electron chi connectivity index (χ0n) is 12.5. The van der Waals surface area contributed by atoms with E-state index in [1.54, 1.807) is 16.6 Å². The summed E-state index contributed by atoms with van der Waals surface area (Å²) in [5.41, 5.74) is 1.50. The van der Waals surface area contributed by atoms with Gasteiger partial charge in [0.15, 0.2) is 0 Å². The summed E-state index contributed by atoms with van der Waals surface area (Å²) in [4.78, 5) is 14.4. The van der Waals surface area contributed by atoms with Gasteiger partial charge in [0.25, 0.3) is 5.91 Å². The first-order valence-corrected chi connectivity index (χ1v) is 7.01. The summed E-state index contributed by atoms with van der Waals surface area (Å²) in [5, 5.41) is 13.6. The van der Waals surface area contributed by atoms with E-state index in [4.69, 9.17) is 4.74 Å². The van der Waals surface area contributed by atoms with Gasteiger partial charge in [-0.3, -0.25) is 9.48 Å². The summed E-state index contributed by atoms with van der Waals surface area (Å²) in [7, 11) is 1.79. The fraction of sp³-hybridized carbons (Fsp3) is 0.714. The van der Waals surface area contributed by atoms with E-state index in [0.29, 0.717) is 18.8 Å². The Kier molecular flexibility index (Phi) is 4.45. The minimum atomic E-state index is -0.298. The van der Waals surface area contributed by atoms with Crippen molar-refractivity contribution in [3.63, 3.8) is 0 Å². The summed E-state index contributed by atoms with van der Waals surface area (Å²) in [6, 6.07) is 1.85. The Balaban J connectivity index is 2.21. The van der Waals surface area contributed by atoms with Crippen LogP contribution in [0.4, 0.5) is 0 Å². The number of aliphatic hydroxyl groups is 1. The second-order valence-electron chi connectivity index (χ2n) is 5.68. The Bertz CT molecular complexity index is 484. The third-order valence-corrected chi connectivity index (χ3v) is 3.68. The number of nitrogens with zero attached hydrogens (tertiary/aromatic N) is 3. The Morgan fingerprint density at radius 2 is 2.30 bits per heavy atom. The number of aryl methyl sites for hydroxylation is 1. The molecular weight excluding hydrogens is 258 g/mol. The van der Waals surface area contributed by atoms with Crippen LogP contribution in [0.5, 0.6) is 0 Å². The summed E-state index contributed by atoms with van der Waals surface area (Å²) in [5.74, 6) is 0.233. The van der Waals surface area contributed by atoms with Crippen LogP contribution in [0.1, 0.15) is 42.9 Å². The molecule has 1 aliphatic heterocycles. The van der Waals surface area contributed by atoms with E-state index in [0.717, 1.165) is 5.69 Å². The number of carbonyl (C=O) groups is 1. The predicted octanol–water partition coefficient (Wildman–Crippen LogP) is 0.765. The van der Waals surface area contributed by atoms with Crippen molar-refractivity contribution >= 4 is 5.91 Å². The smallest absolute Gasteiger partial charge is 0.272 e. The second kappa shape index (κ2) is 5.93. The zero-order valence-corrected chi connectivity index (χ0v) is 12.5. The minimum Gasteiger partial charge on any atom is -0.394 e. The number of amides is 1. The number of ether oxygens (including phenoxy) is 1. The molecule has 0 aromatic carbocycles. The molecule has 0 spiro atoms. The van der Waals surface area contributed by atoms with E-state index < -0.39 is 0 Å². The molecule has 2 rings (SSSR count). The highest BCUT2D eigenvalue weighted by Crippen LogP contribution is 2.18. The molecule has 6 heteroatoms. The molecule has 1 N–H and O–H groups in total. The van der Waals surface area contributed by atoms with Gasteiger partial charge in [0.2, 0.25) is 0 Å². The Hall–Kier alpha value is -1.40. The number of carbonyl (C=O) groups excluding carboxylic acids is 1. The van der Waals surface area contributed by atoms with Gasteiger partial charge in [0.1, 0.15) is 5.69 Å². The van der Waals surface area contributed by atoms with Gasteiger partial charge in [-0.15, -0.1) is 0 Å². The molecule has 1 fully saturated rings. The van der Waals surface area contributed by atoms with Crippen LogP contribution in [-0.2, 0) is 11.8 Å². The molecule has 1 aliphatic rings. The van der Waals surface area contributed by atoms with Crippen molar-refractivity contribution < 1.29 is 14.6 Å². The van der Waals surface area contributed by atoms with Crippen molar-refractivity contribution in [2.45, 2.75) is 38.8 Å². The lowest BCUT2D eigenvalue weighted by Crippen LogP contribution is -2.52. The maximum atomic E-state index is 12.7. The first kappa shape index (κ1) is 15.0. The van der Waals surface area contributed by atoms with E-state index in [2.05, 4.69) is 18.9 Å². The van der Waals surface area contributed by atoms with E-state index >= 15 is 0 Å². The molecule has 6 nitrogen and oxygen atoms in total. The highest BCUT2D eigenvalue weighted by molar-refractivity contribution is 5.93. The van der Waals surface area contributed by atoms with Crippen LogP contribution in [0.15, 0.2) is 6.07 Å². The lowest BCUT2D eigenvalue weighted by Gasteiger charge is -2.37. The van der Waals surface area contributed by atoms with Gasteiger partial charge in [0.05, 0.1) is 31.1 Å². The van der Waals surface area contributed by atoms with Crippen molar-refractivity contribution in [3.05, 3.63) is 17.5 Å². The molecular formula is C14H23N3O3. The standard InChI is InChI=1S/C14H23N3O3/c1-9(2)12-5-13(16(4)15-12)14(19)17-6-11(7-18)20-8-10(17)3/h5,9-11,18H,6-8H2,1-4H3/t10-,11+/m0/s1. The second-order valence-corrected chi connectivity index (χ2v) is 5.68. The minimum absolute atomic E-state index is 0.00250. The van der Waals surface area contributed by atoms with E-state index in [1.165, 1.54) is 0 Å². The molecule has 2 heterocycles. The fourth-order valence-electron chi connectivity index (χ4n) is 2.33. The number of morpholine rings is 1. The first-order valence-electron chi connectivity index (χ1n) is 7.01. The van der Waals surface area contributed by atoms with Gasteiger partial charge < -0.3 is 14.7 Å². The van der Waals surface area contributed by atoms with Crippen LogP contribution in [0.2, 0.25) is 0 Å². The molecule has 0 bridgehead atoms. The van der Waals surface area contributed by atoms with Crippen LogP contribution in [-0.4, -0.2) is 57.6 Å². The number of aliphatic hydroxyl groups excluding tert-OH is 1. The van der Waals surface area contributed by atoms with Crippen LogP contribution < -0.4 is 0 Å². The van der Waals surface area contributed by atoms with Crippen molar-refractivity contribution in [1.82, 2.24) is 14.7 Å². The first-order chi connectivity index (χ1) is 9.43. The van der Waals surface area contributed by atoms with Gasteiger partial charge in [-0.25, -0.2) is 0 Å². The Morgan fingerprint density at radius 1 is 1.60 bits per heavy atom. The lowest BCUT2D eigenvalue weighted by atomic mass is 10.1. The summed E-state index contributed by atoms with van der Waals surface area (Å²) in [6.07, 6.45) is -0.298. The predicted molar refractivity (Wildman–Crippen MR) is 74.6 cm³/mol. The maximum Gasteiger partial charge on any atom is 0.272 e. The van der Waals surface area contributed by atoms with Crippen LogP contribution in [0.3, 0.4) is 0 Å². The Labute approximate surface area is 119 Å². The van der Waals surface area contributed by atoms with E-state index in [9.17, 15) is 9.90 Å². The highest BCUT2D eigenvalue weighted by atomic mass is 16.5. The highest BCUT2D eigenvalue weighted by Gasteiger charge is 2.31. The molecule has 1 amide bonds. The molecule has 1 aromatic heterocycles. The molecule has 0 radical (unpaired) electrons. The topological polar surface area (TPSA) is 67.6 Å². The van der Waals surface area contributed by atoms with Gasteiger partial charge in [-0.1, -0.05) is 13.8 Å². The van der Waals surface area contributed by atoms with Crippen molar-refractivity contribution in [2.75, 3.05) is 19.8 Å². The quantitative estimate of drug-likeness (QED) is 0.888. The normalized spacial score (nSPS) is 23.4. The molecule has 2 atom stereocenters. The van der Waals surface area contributed by atoms with Gasteiger partial charge >= 0.3 is 0 Å². The van der Waals surface area contributed by atoms with E-state index in [-0.39, 0.29) is 30.6 Å². The Morgan fingerprint density at radius 3 is 2.85 bits per heavy atom. The number of rotatable bonds is 3. The SMILES string of the molecule is CC(C)c1cc(C(=O)N2C[C@H](CO)OC[C@@H]2C)n(C)n1. The third kappa shape index (κ3) is 2.86. The van der Waals surface area contributed by atoms with Crippen LogP contribution >= 0.6 is 0 Å². The summed E-state index contributed by atoms with van der Waals surface area (Å²) in [6.45, 7) is 6.85. The van der Waals surface area contributed by atoms with Crippen LogP contribution in [0.25, 0.3) is 0 Å². The van der Waals surface area contributed by atoms with Crippen molar-refractivity contribution in [3.8, 4) is 0 Å². The zero-order chi connectivity index (χ0) is 14.9. The van der Waals surface area contributed by atoms with Gasteiger partial charge in [-0.05, 0) is 18.9 Å². The third-order valence-electron chi connectivity index (χ3n) is 3.68. The molecule has 1 saturated heterocycles.